The highest BCUT2D eigenvalue weighted by Gasteiger charge is 2.16. The van der Waals surface area contributed by atoms with Crippen molar-refractivity contribution in [1.29, 1.82) is 0 Å². The summed E-state index contributed by atoms with van der Waals surface area (Å²) in [5.74, 6) is 0.523. The van der Waals surface area contributed by atoms with E-state index in [1.165, 1.54) is 0 Å². The van der Waals surface area contributed by atoms with Gasteiger partial charge in [0.1, 0.15) is 0 Å². The van der Waals surface area contributed by atoms with Gasteiger partial charge in [-0.1, -0.05) is 0 Å². The van der Waals surface area contributed by atoms with Crippen molar-refractivity contribution >= 4 is 5.82 Å². The average molecular weight is 135 g/mol. The molecule has 1 N–H and O–H groups in total. The highest BCUT2D eigenvalue weighted by molar-refractivity contribution is 5.40. The normalized spacial score (nSPS) is 21.1. The van der Waals surface area contributed by atoms with Gasteiger partial charge < -0.3 is 5.11 Å². The largest absolute Gasteiger partial charge is 0.366 e. The molecule has 0 bridgehead atoms. The summed E-state index contributed by atoms with van der Waals surface area (Å²) in [5, 5.41) is 16.2. The molecule has 1 aromatic heterocycles. The van der Waals surface area contributed by atoms with E-state index < -0.39 is 6.23 Å². The van der Waals surface area contributed by atoms with Gasteiger partial charge in [0.15, 0.2) is 12.0 Å². The van der Waals surface area contributed by atoms with E-state index in [1.54, 1.807) is 18.3 Å². The number of nitrogens with zero attached hydrogens (tertiary/aromatic N) is 3. The maximum Gasteiger partial charge on any atom is 0.195 e. The summed E-state index contributed by atoms with van der Waals surface area (Å²) in [6, 6.07) is 3.51. The van der Waals surface area contributed by atoms with Crippen LogP contribution in [0.15, 0.2) is 28.6 Å². The number of rotatable bonds is 0. The third-order valence-electron chi connectivity index (χ3n) is 1.36. The van der Waals surface area contributed by atoms with Crippen LogP contribution in [0.5, 0.6) is 0 Å². The third kappa shape index (κ3) is 0.625. The van der Waals surface area contributed by atoms with E-state index in [4.69, 9.17) is 5.11 Å². The summed E-state index contributed by atoms with van der Waals surface area (Å²) in [4.78, 5) is 3.89. The molecule has 1 aliphatic rings. The van der Waals surface area contributed by atoms with Crippen LogP contribution in [0.25, 0.3) is 0 Å². The smallest absolute Gasteiger partial charge is 0.195 e. The molecule has 0 spiro atoms. The lowest BCUT2D eigenvalue weighted by molar-refractivity contribution is 0.188. The molecule has 0 saturated carbocycles. The molecule has 0 aliphatic carbocycles. The lowest BCUT2D eigenvalue weighted by Crippen LogP contribution is -1.87. The lowest BCUT2D eigenvalue weighted by Gasteiger charge is -1.95. The molecule has 2 rings (SSSR count). The molecule has 4 nitrogen and oxygen atoms in total. The molecule has 4 heteroatoms. The van der Waals surface area contributed by atoms with Gasteiger partial charge in [-0.2, -0.15) is 0 Å². The molecule has 0 amide bonds. The number of aliphatic hydroxyl groups excluding tert-OH is 1. The number of aromatic nitrogens is 1. The first-order chi connectivity index (χ1) is 4.88. The summed E-state index contributed by atoms with van der Waals surface area (Å²) in [6.45, 7) is 0. The van der Waals surface area contributed by atoms with E-state index in [0.29, 0.717) is 11.4 Å². The van der Waals surface area contributed by atoms with Crippen molar-refractivity contribution in [2.75, 3.05) is 0 Å². The van der Waals surface area contributed by atoms with Crippen LogP contribution in [-0.4, -0.2) is 10.1 Å². The van der Waals surface area contributed by atoms with E-state index in [9.17, 15) is 0 Å². The Morgan fingerprint density at radius 3 is 3.20 bits per heavy atom. The minimum Gasteiger partial charge on any atom is -0.366 e. The Kier molecular flexibility index (Phi) is 1.01. The maximum atomic E-state index is 9.08. The molecule has 1 aliphatic heterocycles. The van der Waals surface area contributed by atoms with E-state index >= 15 is 0 Å². The molecule has 1 unspecified atom stereocenters. The van der Waals surface area contributed by atoms with Crippen molar-refractivity contribution in [3.8, 4) is 0 Å². The summed E-state index contributed by atoms with van der Waals surface area (Å²) in [6.07, 6.45) is 0.819. The molecule has 2 heterocycles. The molecule has 1 atom stereocenters. The van der Waals surface area contributed by atoms with Crippen LogP contribution in [0.4, 0.5) is 5.82 Å². The molecule has 0 fully saturated rings. The Bertz CT molecular complexity index is 284. The van der Waals surface area contributed by atoms with Gasteiger partial charge in [-0.15, -0.1) is 10.2 Å². The van der Waals surface area contributed by atoms with Crippen molar-refractivity contribution in [1.82, 2.24) is 4.98 Å². The van der Waals surface area contributed by atoms with Gasteiger partial charge in [0, 0.05) is 6.20 Å². The predicted molar refractivity (Wildman–Crippen MR) is 33.7 cm³/mol. The van der Waals surface area contributed by atoms with Gasteiger partial charge in [-0.3, -0.25) is 0 Å². The van der Waals surface area contributed by atoms with Crippen LogP contribution < -0.4 is 0 Å². The predicted octanol–water partition coefficient (Wildman–Crippen LogP) is 1.17. The quantitative estimate of drug-likeness (QED) is 0.580. The summed E-state index contributed by atoms with van der Waals surface area (Å²) < 4.78 is 0. The van der Waals surface area contributed by atoms with Crippen molar-refractivity contribution in [2.45, 2.75) is 6.23 Å². The van der Waals surface area contributed by atoms with Crippen molar-refractivity contribution in [2.24, 2.45) is 10.2 Å². The molecule has 10 heavy (non-hydrogen) atoms. The first-order valence-electron chi connectivity index (χ1n) is 2.92. The first kappa shape index (κ1) is 5.49. The summed E-state index contributed by atoms with van der Waals surface area (Å²) >= 11 is 0. The zero-order valence-electron chi connectivity index (χ0n) is 5.10. The zero-order chi connectivity index (χ0) is 6.97. The highest BCUT2D eigenvalue weighted by Crippen LogP contribution is 2.30. The Balaban J connectivity index is 2.59. The monoisotopic (exact) mass is 135 g/mol. The summed E-state index contributed by atoms with van der Waals surface area (Å²) in [5.41, 5.74) is 0.683. The van der Waals surface area contributed by atoms with E-state index in [1.807, 2.05) is 0 Å². The second-order valence-electron chi connectivity index (χ2n) is 2.01. The van der Waals surface area contributed by atoms with Crippen LogP contribution in [-0.2, 0) is 0 Å². The van der Waals surface area contributed by atoms with Gasteiger partial charge in [-0.25, -0.2) is 4.98 Å². The Labute approximate surface area is 57.3 Å². The number of pyridine rings is 1. The first-order valence-corrected chi connectivity index (χ1v) is 2.92. The minimum atomic E-state index is -0.802. The molecule has 0 radical (unpaired) electrons. The fraction of sp³-hybridized carbons (Fsp3) is 0.167. The van der Waals surface area contributed by atoms with Crippen molar-refractivity contribution in [3.05, 3.63) is 23.9 Å². The number of hydrogen-bond acceptors (Lipinski definition) is 4. The Morgan fingerprint density at radius 1 is 1.50 bits per heavy atom. The standard InChI is InChI=1S/C6H5N3O/c10-6-4-2-1-3-7-5(4)8-9-6/h1-3,6,10H. The van der Waals surface area contributed by atoms with E-state index in [0.717, 1.165) is 0 Å². The fourth-order valence-corrected chi connectivity index (χ4v) is 0.866. The minimum absolute atomic E-state index is 0.523. The molecule has 1 aromatic rings. The molecular formula is C6H5N3O. The molecular weight excluding hydrogens is 130 g/mol. The number of azo groups is 1. The van der Waals surface area contributed by atoms with Gasteiger partial charge in [0.25, 0.3) is 0 Å². The van der Waals surface area contributed by atoms with Gasteiger partial charge in [-0.05, 0) is 12.1 Å². The maximum absolute atomic E-state index is 9.08. The van der Waals surface area contributed by atoms with Crippen LogP contribution in [0.1, 0.15) is 11.8 Å². The number of fused-ring (bicyclic) bond motifs is 1. The van der Waals surface area contributed by atoms with Gasteiger partial charge >= 0.3 is 0 Å². The Morgan fingerprint density at radius 2 is 2.40 bits per heavy atom. The second kappa shape index (κ2) is 1.85. The zero-order valence-corrected chi connectivity index (χ0v) is 5.10. The van der Waals surface area contributed by atoms with Gasteiger partial charge in [0.05, 0.1) is 5.56 Å². The van der Waals surface area contributed by atoms with Crippen LogP contribution >= 0.6 is 0 Å². The van der Waals surface area contributed by atoms with E-state index in [2.05, 4.69) is 15.2 Å². The van der Waals surface area contributed by atoms with Crippen LogP contribution in [0.3, 0.4) is 0 Å². The van der Waals surface area contributed by atoms with E-state index in [-0.39, 0.29) is 0 Å². The average Bonchev–Trinajstić information content (AvgIpc) is 2.34. The molecule has 50 valence electrons. The van der Waals surface area contributed by atoms with Gasteiger partial charge in [0.2, 0.25) is 0 Å². The van der Waals surface area contributed by atoms with Crippen LogP contribution in [0, 0.1) is 0 Å². The Hall–Kier alpha value is -1.29. The molecule has 0 saturated heterocycles. The van der Waals surface area contributed by atoms with Crippen molar-refractivity contribution in [3.63, 3.8) is 0 Å². The topological polar surface area (TPSA) is 57.8 Å². The third-order valence-corrected chi connectivity index (χ3v) is 1.36. The van der Waals surface area contributed by atoms with Crippen LogP contribution in [0.2, 0.25) is 0 Å². The number of hydrogen-bond donors (Lipinski definition) is 1. The SMILES string of the molecule is OC1N=Nc2ncccc21. The number of aliphatic hydroxyl groups is 1. The molecule has 0 aromatic carbocycles. The lowest BCUT2D eigenvalue weighted by atomic mass is 10.2. The second-order valence-corrected chi connectivity index (χ2v) is 2.01. The fourth-order valence-electron chi connectivity index (χ4n) is 0.866. The summed E-state index contributed by atoms with van der Waals surface area (Å²) in [7, 11) is 0. The highest BCUT2D eigenvalue weighted by atomic mass is 16.3. The van der Waals surface area contributed by atoms with Crippen molar-refractivity contribution < 1.29 is 5.11 Å².